The van der Waals surface area contributed by atoms with E-state index in [4.69, 9.17) is 5.73 Å². The highest BCUT2D eigenvalue weighted by molar-refractivity contribution is 9.10. The van der Waals surface area contributed by atoms with Crippen molar-refractivity contribution in [3.63, 3.8) is 0 Å². The summed E-state index contributed by atoms with van der Waals surface area (Å²) in [4.78, 5) is 0.156. The lowest BCUT2D eigenvalue weighted by Crippen LogP contribution is -2.29. The number of rotatable bonds is 5. The molecule has 4 nitrogen and oxygen atoms in total. The fraction of sp³-hybridized carbons (Fsp3) is 0.500. The highest BCUT2D eigenvalue weighted by atomic mass is 79.9. The van der Waals surface area contributed by atoms with Crippen molar-refractivity contribution in [3.8, 4) is 0 Å². The Morgan fingerprint density at radius 1 is 1.39 bits per heavy atom. The second kappa shape index (κ2) is 6.04. The molecule has 0 amide bonds. The lowest BCUT2D eigenvalue weighted by Gasteiger charge is -2.19. The molecule has 0 aliphatic rings. The minimum atomic E-state index is -3.51. The number of halogens is 1. The summed E-state index contributed by atoms with van der Waals surface area (Å²) in [6.45, 7) is 4.62. The van der Waals surface area contributed by atoms with Gasteiger partial charge >= 0.3 is 0 Å². The highest BCUT2D eigenvalue weighted by Crippen LogP contribution is 2.25. The van der Waals surface area contributed by atoms with E-state index in [1.165, 1.54) is 10.4 Å². The summed E-state index contributed by atoms with van der Waals surface area (Å²) in [6, 6.07) is 4.85. The van der Waals surface area contributed by atoms with Gasteiger partial charge in [-0.05, 0) is 30.5 Å². The summed E-state index contributed by atoms with van der Waals surface area (Å²) in [5.74, 6) is 0.461. The van der Waals surface area contributed by atoms with Crippen LogP contribution in [0, 0.1) is 5.92 Å². The third kappa shape index (κ3) is 3.70. The predicted octanol–water partition coefficient (Wildman–Crippen LogP) is 2.70. The van der Waals surface area contributed by atoms with Gasteiger partial charge in [0.1, 0.15) is 4.90 Å². The van der Waals surface area contributed by atoms with Gasteiger partial charge in [0.2, 0.25) is 10.0 Å². The zero-order valence-corrected chi connectivity index (χ0v) is 13.3. The van der Waals surface area contributed by atoms with Crippen molar-refractivity contribution in [2.75, 3.05) is 19.3 Å². The zero-order valence-electron chi connectivity index (χ0n) is 10.9. The van der Waals surface area contributed by atoms with E-state index < -0.39 is 10.0 Å². The summed E-state index contributed by atoms with van der Waals surface area (Å²) in [7, 11) is -1.93. The SMILES string of the molecule is CC(C)CCN(C)S(=O)(=O)c1cc(Br)ccc1N. The molecule has 1 aromatic carbocycles. The number of nitrogens with two attached hydrogens (primary N) is 1. The van der Waals surface area contributed by atoms with Gasteiger partial charge in [0.15, 0.2) is 0 Å². The molecule has 0 fully saturated rings. The predicted molar refractivity (Wildman–Crippen MR) is 77.8 cm³/mol. The number of nitrogens with zero attached hydrogens (tertiary/aromatic N) is 1. The Bertz CT molecular complexity index is 515. The number of hydrogen-bond acceptors (Lipinski definition) is 3. The first-order valence-corrected chi connectivity index (χ1v) is 8.00. The van der Waals surface area contributed by atoms with Gasteiger partial charge < -0.3 is 5.73 Å². The Balaban J connectivity index is 3.02. The van der Waals surface area contributed by atoms with E-state index in [0.717, 1.165) is 6.42 Å². The molecular weight excluding hydrogens is 316 g/mol. The second-order valence-corrected chi connectivity index (χ2v) is 7.62. The maximum Gasteiger partial charge on any atom is 0.244 e. The van der Waals surface area contributed by atoms with Gasteiger partial charge in [0, 0.05) is 18.1 Å². The van der Waals surface area contributed by atoms with Crippen molar-refractivity contribution in [2.24, 2.45) is 5.92 Å². The monoisotopic (exact) mass is 334 g/mol. The molecule has 18 heavy (non-hydrogen) atoms. The van der Waals surface area contributed by atoms with E-state index in [0.29, 0.717) is 16.9 Å². The van der Waals surface area contributed by atoms with Crippen LogP contribution in [-0.2, 0) is 10.0 Å². The van der Waals surface area contributed by atoms with E-state index in [1.807, 2.05) is 0 Å². The molecule has 0 heterocycles. The van der Waals surface area contributed by atoms with Gasteiger partial charge in [-0.2, -0.15) is 0 Å². The van der Waals surface area contributed by atoms with E-state index >= 15 is 0 Å². The third-order valence-corrected chi connectivity index (χ3v) is 5.09. The summed E-state index contributed by atoms with van der Waals surface area (Å²) in [5.41, 5.74) is 6.02. The first kappa shape index (κ1) is 15.5. The normalized spacial score (nSPS) is 12.3. The summed E-state index contributed by atoms with van der Waals surface area (Å²) in [5, 5.41) is 0. The minimum Gasteiger partial charge on any atom is -0.398 e. The average molecular weight is 335 g/mol. The summed E-state index contributed by atoms with van der Waals surface area (Å²) in [6.07, 6.45) is 0.823. The number of sulfonamides is 1. The topological polar surface area (TPSA) is 63.4 Å². The minimum absolute atomic E-state index is 0.156. The van der Waals surface area contributed by atoms with E-state index in [-0.39, 0.29) is 10.6 Å². The van der Waals surface area contributed by atoms with Crippen LogP contribution in [0.25, 0.3) is 0 Å². The molecule has 0 aromatic heterocycles. The van der Waals surface area contributed by atoms with Gasteiger partial charge in [-0.1, -0.05) is 29.8 Å². The van der Waals surface area contributed by atoms with Gasteiger partial charge in [0.25, 0.3) is 0 Å². The van der Waals surface area contributed by atoms with Crippen LogP contribution in [0.15, 0.2) is 27.6 Å². The Hall–Kier alpha value is -0.590. The van der Waals surface area contributed by atoms with Gasteiger partial charge in [-0.25, -0.2) is 12.7 Å². The molecule has 0 aliphatic carbocycles. The Morgan fingerprint density at radius 3 is 2.56 bits per heavy atom. The molecule has 0 saturated heterocycles. The Labute approximate surface area is 117 Å². The van der Waals surface area contributed by atoms with Crippen molar-refractivity contribution in [1.29, 1.82) is 0 Å². The smallest absolute Gasteiger partial charge is 0.244 e. The first-order valence-electron chi connectivity index (χ1n) is 5.76. The van der Waals surface area contributed by atoms with Crippen LogP contribution in [0.3, 0.4) is 0 Å². The van der Waals surface area contributed by atoms with Crippen molar-refractivity contribution in [1.82, 2.24) is 4.31 Å². The molecule has 1 aromatic rings. The van der Waals surface area contributed by atoms with Crippen molar-refractivity contribution < 1.29 is 8.42 Å². The van der Waals surface area contributed by atoms with Crippen LogP contribution in [0.2, 0.25) is 0 Å². The number of hydrogen-bond donors (Lipinski definition) is 1. The van der Waals surface area contributed by atoms with Crippen LogP contribution in [-0.4, -0.2) is 26.3 Å². The molecule has 2 N–H and O–H groups in total. The summed E-state index contributed by atoms with van der Waals surface area (Å²) >= 11 is 3.26. The van der Waals surface area contributed by atoms with Crippen LogP contribution in [0.5, 0.6) is 0 Å². The third-order valence-electron chi connectivity index (χ3n) is 2.69. The van der Waals surface area contributed by atoms with Gasteiger partial charge in [-0.3, -0.25) is 0 Å². The molecule has 0 spiro atoms. The fourth-order valence-corrected chi connectivity index (χ4v) is 3.30. The van der Waals surface area contributed by atoms with Gasteiger partial charge in [0.05, 0.1) is 5.69 Å². The first-order chi connectivity index (χ1) is 8.25. The second-order valence-electron chi connectivity index (χ2n) is 4.69. The van der Waals surface area contributed by atoms with Gasteiger partial charge in [-0.15, -0.1) is 0 Å². The molecule has 1 rings (SSSR count). The lowest BCUT2D eigenvalue weighted by molar-refractivity contribution is 0.428. The van der Waals surface area contributed by atoms with Crippen LogP contribution < -0.4 is 5.73 Å². The molecule has 0 saturated carbocycles. The molecule has 0 atom stereocenters. The standard InChI is InChI=1S/C12H19BrN2O2S/c1-9(2)6-7-15(3)18(16,17)12-8-10(13)4-5-11(12)14/h4-5,8-9H,6-7,14H2,1-3H3. The molecule has 102 valence electrons. The van der Waals surface area contributed by atoms with Crippen LogP contribution >= 0.6 is 15.9 Å². The van der Waals surface area contributed by atoms with Crippen molar-refractivity contribution in [3.05, 3.63) is 22.7 Å². The quantitative estimate of drug-likeness (QED) is 0.842. The van der Waals surface area contributed by atoms with Crippen LogP contribution in [0.4, 0.5) is 5.69 Å². The van der Waals surface area contributed by atoms with Crippen molar-refractivity contribution >= 4 is 31.6 Å². The lowest BCUT2D eigenvalue weighted by atomic mass is 10.1. The molecule has 0 unspecified atom stereocenters. The summed E-state index contributed by atoms with van der Waals surface area (Å²) < 4.78 is 26.7. The van der Waals surface area contributed by atoms with E-state index in [9.17, 15) is 8.42 Å². The van der Waals surface area contributed by atoms with E-state index in [1.54, 1.807) is 19.2 Å². The van der Waals surface area contributed by atoms with E-state index in [2.05, 4.69) is 29.8 Å². The van der Waals surface area contributed by atoms with Crippen molar-refractivity contribution in [2.45, 2.75) is 25.2 Å². The largest absolute Gasteiger partial charge is 0.398 e. The van der Waals surface area contributed by atoms with Crippen LogP contribution in [0.1, 0.15) is 20.3 Å². The molecular formula is C12H19BrN2O2S. The molecule has 6 heteroatoms. The molecule has 0 bridgehead atoms. The molecule has 0 radical (unpaired) electrons. The number of nitrogen functional groups attached to an aromatic ring is 1. The Morgan fingerprint density at radius 2 is 2.00 bits per heavy atom. The maximum atomic E-state index is 12.3. The molecule has 0 aliphatic heterocycles. The maximum absolute atomic E-state index is 12.3. The number of benzene rings is 1. The highest BCUT2D eigenvalue weighted by Gasteiger charge is 2.23. The Kier molecular flexibility index (Phi) is 5.19. The zero-order chi connectivity index (χ0) is 13.9. The number of anilines is 1. The fourth-order valence-electron chi connectivity index (χ4n) is 1.46. The average Bonchev–Trinajstić information content (AvgIpc) is 2.28.